The van der Waals surface area contributed by atoms with Crippen molar-refractivity contribution in [1.29, 1.82) is 0 Å². The largest absolute Gasteiger partial charge is 0.859 e. The van der Waals surface area contributed by atoms with Crippen LogP contribution in [0.2, 0.25) is 0 Å². The van der Waals surface area contributed by atoms with Gasteiger partial charge in [0, 0.05) is 12.3 Å². The molecule has 0 bridgehead atoms. The van der Waals surface area contributed by atoms with Crippen LogP contribution in [0.4, 0.5) is 13.2 Å². The van der Waals surface area contributed by atoms with E-state index >= 15 is 0 Å². The Hall–Kier alpha value is -2.64. The molecule has 0 unspecified atom stereocenters. The average molecular weight is 279 g/mol. The molecular formula is C12H6F3N4O-. The Morgan fingerprint density at radius 3 is 2.55 bits per heavy atom. The number of rotatable bonds is 1. The van der Waals surface area contributed by atoms with Crippen LogP contribution in [0.1, 0.15) is 5.69 Å². The van der Waals surface area contributed by atoms with Crippen LogP contribution < -0.4 is 5.11 Å². The predicted molar refractivity (Wildman–Crippen MR) is 60.7 cm³/mol. The molecule has 0 atom stereocenters. The van der Waals surface area contributed by atoms with Gasteiger partial charge < -0.3 is 5.11 Å². The standard InChI is InChI=1S/C12H7F3N4O/c13-12(14,15)9-6-11(20)17-10-5-8(18-19(9)10)7-3-1-2-4-16-7/h1-6H,(H,17,20)/p-1. The number of nitrogens with zero attached hydrogens (tertiary/aromatic N) is 4. The summed E-state index contributed by atoms with van der Waals surface area (Å²) in [4.78, 5) is 7.51. The monoisotopic (exact) mass is 279 g/mol. The Bertz CT molecular complexity index is 767. The van der Waals surface area contributed by atoms with Crippen LogP contribution in [0.15, 0.2) is 36.5 Å². The van der Waals surface area contributed by atoms with Gasteiger partial charge in [0.1, 0.15) is 11.4 Å². The molecule has 0 N–H and O–H groups in total. The molecule has 0 amide bonds. The van der Waals surface area contributed by atoms with Crippen molar-refractivity contribution in [3.8, 4) is 17.3 Å². The van der Waals surface area contributed by atoms with E-state index in [1.54, 1.807) is 18.2 Å². The average Bonchev–Trinajstić information content (AvgIpc) is 2.81. The van der Waals surface area contributed by atoms with Crippen molar-refractivity contribution in [3.05, 3.63) is 42.2 Å². The van der Waals surface area contributed by atoms with Gasteiger partial charge in [-0.15, -0.1) is 0 Å². The second-order valence-corrected chi connectivity index (χ2v) is 3.99. The van der Waals surface area contributed by atoms with E-state index in [1.165, 1.54) is 12.3 Å². The minimum Gasteiger partial charge on any atom is -0.859 e. The zero-order valence-corrected chi connectivity index (χ0v) is 9.80. The molecule has 0 aliphatic carbocycles. The quantitative estimate of drug-likeness (QED) is 0.682. The third-order valence-corrected chi connectivity index (χ3v) is 2.62. The Kier molecular flexibility index (Phi) is 2.60. The Balaban J connectivity index is 2.26. The van der Waals surface area contributed by atoms with Gasteiger partial charge in [-0.05, 0) is 24.1 Å². The summed E-state index contributed by atoms with van der Waals surface area (Å²) in [6, 6.07) is 6.67. The second kappa shape index (κ2) is 4.19. The number of hydrogen-bond acceptors (Lipinski definition) is 4. The van der Waals surface area contributed by atoms with Gasteiger partial charge >= 0.3 is 6.18 Å². The predicted octanol–water partition coefficient (Wildman–Crippen LogP) is 1.88. The second-order valence-electron chi connectivity index (χ2n) is 3.99. The van der Waals surface area contributed by atoms with E-state index in [0.29, 0.717) is 16.3 Å². The molecule has 3 aromatic heterocycles. The summed E-state index contributed by atoms with van der Waals surface area (Å²) in [7, 11) is 0. The van der Waals surface area contributed by atoms with Crippen LogP contribution in [-0.4, -0.2) is 19.6 Å². The van der Waals surface area contributed by atoms with Crippen molar-refractivity contribution in [3.63, 3.8) is 0 Å². The molecule has 0 aromatic carbocycles. The van der Waals surface area contributed by atoms with E-state index in [1.807, 2.05) is 0 Å². The van der Waals surface area contributed by atoms with Crippen LogP contribution >= 0.6 is 0 Å². The summed E-state index contributed by atoms with van der Waals surface area (Å²) in [5.74, 6) is -0.961. The molecule has 5 nitrogen and oxygen atoms in total. The van der Waals surface area contributed by atoms with Crippen molar-refractivity contribution in [1.82, 2.24) is 19.6 Å². The summed E-state index contributed by atoms with van der Waals surface area (Å²) in [5, 5.41) is 15.1. The van der Waals surface area contributed by atoms with Crippen LogP contribution in [0.25, 0.3) is 17.0 Å². The minimum atomic E-state index is -4.69. The fourth-order valence-corrected chi connectivity index (χ4v) is 1.79. The van der Waals surface area contributed by atoms with Gasteiger partial charge in [0.05, 0.1) is 5.69 Å². The molecule has 0 aliphatic heterocycles. The van der Waals surface area contributed by atoms with Crippen molar-refractivity contribution in [2.24, 2.45) is 0 Å². The van der Waals surface area contributed by atoms with E-state index in [-0.39, 0.29) is 11.3 Å². The molecular weight excluding hydrogens is 273 g/mol. The first-order valence-corrected chi connectivity index (χ1v) is 5.51. The van der Waals surface area contributed by atoms with Gasteiger partial charge in [0.25, 0.3) is 0 Å². The fraction of sp³-hybridized carbons (Fsp3) is 0.0833. The van der Waals surface area contributed by atoms with Gasteiger partial charge in [0.2, 0.25) is 0 Å². The number of alkyl halides is 3. The van der Waals surface area contributed by atoms with E-state index < -0.39 is 17.8 Å². The van der Waals surface area contributed by atoms with Gasteiger partial charge in [-0.2, -0.15) is 18.3 Å². The van der Waals surface area contributed by atoms with Crippen molar-refractivity contribution >= 4 is 5.65 Å². The maximum absolute atomic E-state index is 12.9. The smallest absolute Gasteiger partial charge is 0.433 e. The molecule has 0 fully saturated rings. The highest BCUT2D eigenvalue weighted by molar-refractivity contribution is 5.61. The SMILES string of the molecule is [O-]c1cc(C(F)(F)F)n2nc(-c3ccccn3)cc2n1. The number of hydrogen-bond donors (Lipinski definition) is 0. The molecule has 3 rings (SSSR count). The summed E-state index contributed by atoms with van der Waals surface area (Å²) < 4.78 is 39.2. The Labute approximate surface area is 110 Å². The number of halogens is 3. The number of fused-ring (bicyclic) bond motifs is 1. The highest BCUT2D eigenvalue weighted by Crippen LogP contribution is 2.31. The maximum atomic E-state index is 12.9. The molecule has 20 heavy (non-hydrogen) atoms. The highest BCUT2D eigenvalue weighted by atomic mass is 19.4. The number of pyridine rings is 1. The maximum Gasteiger partial charge on any atom is 0.433 e. The third kappa shape index (κ3) is 2.04. The van der Waals surface area contributed by atoms with E-state index in [9.17, 15) is 18.3 Å². The lowest BCUT2D eigenvalue weighted by Gasteiger charge is -2.12. The first-order chi connectivity index (χ1) is 9.45. The molecule has 8 heteroatoms. The zero-order valence-electron chi connectivity index (χ0n) is 9.80. The van der Waals surface area contributed by atoms with Gasteiger partial charge in [-0.1, -0.05) is 6.07 Å². The highest BCUT2D eigenvalue weighted by Gasteiger charge is 2.34. The number of aromatic nitrogens is 4. The van der Waals surface area contributed by atoms with Crippen molar-refractivity contribution in [2.75, 3.05) is 0 Å². The molecule has 0 saturated heterocycles. The van der Waals surface area contributed by atoms with E-state index in [0.717, 1.165) is 0 Å². The molecule has 102 valence electrons. The van der Waals surface area contributed by atoms with Crippen LogP contribution in [0, 0.1) is 0 Å². The zero-order chi connectivity index (χ0) is 14.3. The molecule has 0 aliphatic rings. The van der Waals surface area contributed by atoms with Crippen molar-refractivity contribution in [2.45, 2.75) is 6.18 Å². The van der Waals surface area contributed by atoms with E-state index in [2.05, 4.69) is 15.1 Å². The first kappa shape index (κ1) is 12.4. The van der Waals surface area contributed by atoms with E-state index in [4.69, 9.17) is 0 Å². The Morgan fingerprint density at radius 1 is 1.10 bits per heavy atom. The molecule has 0 radical (unpaired) electrons. The molecule has 0 spiro atoms. The van der Waals surface area contributed by atoms with Crippen LogP contribution in [-0.2, 0) is 6.18 Å². The van der Waals surface area contributed by atoms with Gasteiger partial charge in [-0.3, -0.25) is 4.98 Å². The minimum absolute atomic E-state index is 0.162. The van der Waals surface area contributed by atoms with Gasteiger partial charge in [-0.25, -0.2) is 9.50 Å². The summed E-state index contributed by atoms with van der Waals surface area (Å²) >= 11 is 0. The summed E-state index contributed by atoms with van der Waals surface area (Å²) in [5.41, 5.74) is -0.701. The van der Waals surface area contributed by atoms with Crippen LogP contribution in [0.3, 0.4) is 0 Å². The Morgan fingerprint density at radius 2 is 1.90 bits per heavy atom. The molecule has 3 aromatic rings. The summed E-state index contributed by atoms with van der Waals surface area (Å²) in [6.07, 6.45) is -3.19. The fourth-order valence-electron chi connectivity index (χ4n) is 1.79. The summed E-state index contributed by atoms with van der Waals surface area (Å²) in [6.45, 7) is 0. The van der Waals surface area contributed by atoms with Crippen LogP contribution in [0.5, 0.6) is 5.88 Å². The van der Waals surface area contributed by atoms with Gasteiger partial charge in [0.15, 0.2) is 5.65 Å². The normalized spacial score (nSPS) is 11.9. The first-order valence-electron chi connectivity index (χ1n) is 5.51. The van der Waals surface area contributed by atoms with Crippen molar-refractivity contribution < 1.29 is 18.3 Å². The molecule has 3 heterocycles. The lowest BCUT2D eigenvalue weighted by molar-refractivity contribution is -0.275. The lowest BCUT2D eigenvalue weighted by Crippen LogP contribution is -2.14. The third-order valence-electron chi connectivity index (χ3n) is 2.62. The lowest BCUT2D eigenvalue weighted by atomic mass is 10.3. The molecule has 0 saturated carbocycles. The topological polar surface area (TPSA) is 66.1 Å².